The number of carbonyl (C=O) groups is 3. The van der Waals surface area contributed by atoms with Crippen molar-refractivity contribution in [1.82, 2.24) is 9.47 Å². The molecule has 1 saturated heterocycles. The Bertz CT molecular complexity index is 1060. The topological polar surface area (TPSA) is 112 Å². The van der Waals surface area contributed by atoms with E-state index in [1.165, 1.54) is 12.1 Å². The average Bonchev–Trinajstić information content (AvgIpc) is 3.36. The Kier molecular flexibility index (Phi) is 7.07. The van der Waals surface area contributed by atoms with E-state index in [9.17, 15) is 24.5 Å². The molecule has 0 N–H and O–H groups in total. The Balaban J connectivity index is 1.72. The standard InChI is InChI=1S/C23H27N3O6/c1-4-7-22(28)24-11-6-10-20(24)23(29)32-14-21(27)19-12-15(2)25(16(19)3)17-8-5-9-18(13-17)26(30)31/h5,8-9,12-13,20H,4,6-7,10-11,14H2,1-3H3. The summed E-state index contributed by atoms with van der Waals surface area (Å²) in [6.45, 7) is 5.54. The molecule has 170 valence electrons. The van der Waals surface area contributed by atoms with Gasteiger partial charge in [0.05, 0.1) is 10.6 Å². The van der Waals surface area contributed by atoms with Crippen molar-refractivity contribution in [2.75, 3.05) is 13.2 Å². The van der Waals surface area contributed by atoms with Crippen molar-refractivity contribution in [1.29, 1.82) is 0 Å². The Hall–Kier alpha value is -3.49. The van der Waals surface area contributed by atoms with Gasteiger partial charge >= 0.3 is 5.97 Å². The predicted octanol–water partition coefficient (Wildman–Crippen LogP) is 3.52. The fourth-order valence-corrected chi connectivity index (χ4v) is 4.17. The Morgan fingerprint density at radius 3 is 2.66 bits per heavy atom. The molecule has 1 atom stereocenters. The number of non-ortho nitro benzene ring substituents is 1. The summed E-state index contributed by atoms with van der Waals surface area (Å²) in [5.74, 6) is -1.00. The monoisotopic (exact) mass is 441 g/mol. The van der Waals surface area contributed by atoms with E-state index in [1.807, 2.05) is 6.92 Å². The quantitative estimate of drug-likeness (QED) is 0.268. The Morgan fingerprint density at radius 2 is 1.97 bits per heavy atom. The Labute approximate surface area is 186 Å². The average molecular weight is 441 g/mol. The van der Waals surface area contributed by atoms with Crippen molar-refractivity contribution in [2.24, 2.45) is 0 Å². The fourth-order valence-electron chi connectivity index (χ4n) is 4.17. The lowest BCUT2D eigenvalue weighted by atomic mass is 10.1. The zero-order chi connectivity index (χ0) is 23.4. The van der Waals surface area contributed by atoms with E-state index in [0.717, 1.165) is 12.1 Å². The number of ether oxygens (including phenoxy) is 1. The fraction of sp³-hybridized carbons (Fsp3) is 0.435. The summed E-state index contributed by atoms with van der Waals surface area (Å²) in [6.07, 6.45) is 2.35. The summed E-state index contributed by atoms with van der Waals surface area (Å²) in [5.41, 5.74) is 2.23. The molecule has 0 aliphatic carbocycles. The van der Waals surface area contributed by atoms with Crippen LogP contribution < -0.4 is 0 Å². The lowest BCUT2D eigenvalue weighted by molar-refractivity contribution is -0.384. The predicted molar refractivity (Wildman–Crippen MR) is 117 cm³/mol. The van der Waals surface area contributed by atoms with E-state index in [0.29, 0.717) is 42.8 Å². The van der Waals surface area contributed by atoms with Gasteiger partial charge in [0, 0.05) is 42.0 Å². The molecule has 1 fully saturated rings. The highest BCUT2D eigenvalue weighted by atomic mass is 16.6. The molecular weight excluding hydrogens is 414 g/mol. The highest BCUT2D eigenvalue weighted by Crippen LogP contribution is 2.25. The minimum Gasteiger partial charge on any atom is -0.456 e. The highest BCUT2D eigenvalue weighted by Gasteiger charge is 2.35. The van der Waals surface area contributed by atoms with E-state index in [-0.39, 0.29) is 17.4 Å². The van der Waals surface area contributed by atoms with Gasteiger partial charge in [0.2, 0.25) is 11.7 Å². The van der Waals surface area contributed by atoms with E-state index in [2.05, 4.69) is 0 Å². The van der Waals surface area contributed by atoms with Crippen molar-refractivity contribution >= 4 is 23.3 Å². The zero-order valence-corrected chi connectivity index (χ0v) is 18.5. The van der Waals surface area contributed by atoms with Crippen LogP contribution in [0.4, 0.5) is 5.69 Å². The van der Waals surface area contributed by atoms with E-state index >= 15 is 0 Å². The molecule has 0 spiro atoms. The van der Waals surface area contributed by atoms with Gasteiger partial charge in [-0.25, -0.2) is 4.79 Å². The molecule has 9 nitrogen and oxygen atoms in total. The molecule has 1 aromatic carbocycles. The van der Waals surface area contributed by atoms with Crippen LogP contribution in [0.25, 0.3) is 5.69 Å². The summed E-state index contributed by atoms with van der Waals surface area (Å²) in [6, 6.07) is 7.19. The molecule has 0 bridgehead atoms. The molecule has 2 aromatic rings. The number of aromatic nitrogens is 1. The summed E-state index contributed by atoms with van der Waals surface area (Å²) >= 11 is 0. The van der Waals surface area contributed by atoms with Gasteiger partial charge in [-0.1, -0.05) is 13.0 Å². The number of likely N-dealkylation sites (tertiary alicyclic amines) is 1. The number of nitrogens with zero attached hydrogens (tertiary/aromatic N) is 3. The van der Waals surface area contributed by atoms with Crippen molar-refractivity contribution in [3.05, 3.63) is 57.4 Å². The van der Waals surface area contributed by atoms with Crippen molar-refractivity contribution in [3.8, 4) is 5.69 Å². The first-order valence-electron chi connectivity index (χ1n) is 10.7. The molecule has 1 amide bonds. The minimum absolute atomic E-state index is 0.0458. The minimum atomic E-state index is -0.640. The number of amides is 1. The Morgan fingerprint density at radius 1 is 1.22 bits per heavy atom. The van der Waals surface area contributed by atoms with E-state index < -0.39 is 23.5 Å². The lowest BCUT2D eigenvalue weighted by Gasteiger charge is -2.23. The second-order valence-corrected chi connectivity index (χ2v) is 7.92. The first-order chi connectivity index (χ1) is 15.2. The molecule has 2 heterocycles. The number of nitro benzene ring substituents is 1. The van der Waals surface area contributed by atoms with Crippen LogP contribution in [-0.2, 0) is 14.3 Å². The first kappa shape index (κ1) is 23.2. The summed E-state index contributed by atoms with van der Waals surface area (Å²) in [7, 11) is 0. The van der Waals surface area contributed by atoms with E-state index in [1.54, 1.807) is 41.5 Å². The second-order valence-electron chi connectivity index (χ2n) is 7.92. The number of ketones is 1. The van der Waals surface area contributed by atoms with Gasteiger partial charge in [-0.3, -0.25) is 19.7 Å². The van der Waals surface area contributed by atoms with Crippen LogP contribution in [0.5, 0.6) is 0 Å². The van der Waals surface area contributed by atoms with Gasteiger partial charge in [-0.05, 0) is 45.2 Å². The van der Waals surface area contributed by atoms with Crippen molar-refractivity contribution in [3.63, 3.8) is 0 Å². The largest absolute Gasteiger partial charge is 0.456 e. The van der Waals surface area contributed by atoms with Crippen molar-refractivity contribution < 1.29 is 24.0 Å². The molecule has 1 aliphatic heterocycles. The van der Waals surface area contributed by atoms with Gasteiger partial charge in [-0.2, -0.15) is 0 Å². The molecule has 3 rings (SSSR count). The molecule has 9 heteroatoms. The number of aryl methyl sites for hydroxylation is 1. The maximum atomic E-state index is 12.8. The first-order valence-corrected chi connectivity index (χ1v) is 10.7. The summed E-state index contributed by atoms with van der Waals surface area (Å²) in [5, 5.41) is 11.1. The number of hydrogen-bond donors (Lipinski definition) is 0. The van der Waals surface area contributed by atoms with Crippen LogP contribution in [-0.4, -0.2) is 51.2 Å². The normalized spacial score (nSPS) is 15.6. The van der Waals surface area contributed by atoms with Crippen LogP contribution in [0.1, 0.15) is 54.4 Å². The lowest BCUT2D eigenvalue weighted by Crippen LogP contribution is -2.41. The number of hydrogen-bond acceptors (Lipinski definition) is 6. The third-order valence-electron chi connectivity index (χ3n) is 5.68. The molecule has 0 radical (unpaired) electrons. The summed E-state index contributed by atoms with van der Waals surface area (Å²) in [4.78, 5) is 49.7. The molecule has 32 heavy (non-hydrogen) atoms. The van der Waals surface area contributed by atoms with Crippen LogP contribution in [0.3, 0.4) is 0 Å². The summed E-state index contributed by atoms with van der Waals surface area (Å²) < 4.78 is 7.03. The number of Topliss-reactive ketones (excluding diaryl/α,β-unsaturated/α-hetero) is 1. The van der Waals surface area contributed by atoms with E-state index in [4.69, 9.17) is 4.74 Å². The van der Waals surface area contributed by atoms with Gasteiger partial charge in [0.25, 0.3) is 5.69 Å². The molecule has 1 aliphatic rings. The highest BCUT2D eigenvalue weighted by molar-refractivity contribution is 5.99. The van der Waals surface area contributed by atoms with Crippen LogP contribution in [0, 0.1) is 24.0 Å². The molecule has 0 saturated carbocycles. The van der Waals surface area contributed by atoms with Gasteiger partial charge in [-0.15, -0.1) is 0 Å². The number of esters is 1. The molecule has 1 unspecified atom stereocenters. The molecule has 1 aromatic heterocycles. The van der Waals surface area contributed by atoms with Gasteiger partial charge < -0.3 is 14.2 Å². The number of rotatable bonds is 8. The maximum absolute atomic E-state index is 12.8. The third kappa shape index (κ3) is 4.71. The maximum Gasteiger partial charge on any atom is 0.329 e. The molecular formula is C23H27N3O6. The van der Waals surface area contributed by atoms with Crippen molar-refractivity contribution in [2.45, 2.75) is 52.5 Å². The number of carbonyl (C=O) groups excluding carboxylic acids is 3. The SMILES string of the molecule is CCCC(=O)N1CCCC1C(=O)OCC(=O)c1cc(C)n(-c2cccc([N+](=O)[O-])c2)c1C. The van der Waals surface area contributed by atoms with Crippen LogP contribution in [0.15, 0.2) is 30.3 Å². The second kappa shape index (κ2) is 9.76. The zero-order valence-electron chi connectivity index (χ0n) is 18.5. The van der Waals surface area contributed by atoms with Gasteiger partial charge in [0.15, 0.2) is 6.61 Å². The smallest absolute Gasteiger partial charge is 0.329 e. The third-order valence-corrected chi connectivity index (χ3v) is 5.68. The number of nitro groups is 1. The van der Waals surface area contributed by atoms with Gasteiger partial charge in [0.1, 0.15) is 6.04 Å². The number of benzene rings is 1. The van der Waals surface area contributed by atoms with Crippen LogP contribution in [0.2, 0.25) is 0 Å². The van der Waals surface area contributed by atoms with Crippen LogP contribution >= 0.6 is 0 Å².